The first-order valence-electron chi connectivity index (χ1n) is 5.80. The van der Waals surface area contributed by atoms with E-state index in [-0.39, 0.29) is 0 Å². The third-order valence-electron chi connectivity index (χ3n) is 3.09. The summed E-state index contributed by atoms with van der Waals surface area (Å²) in [5.41, 5.74) is 3.97. The van der Waals surface area contributed by atoms with Crippen molar-refractivity contribution in [2.45, 2.75) is 20.0 Å². The summed E-state index contributed by atoms with van der Waals surface area (Å²) >= 11 is 10.5. The molecule has 2 aromatic rings. The fourth-order valence-electron chi connectivity index (χ4n) is 1.99. The van der Waals surface area contributed by atoms with Crippen molar-refractivity contribution >= 4 is 47.8 Å². The lowest BCUT2D eigenvalue weighted by Crippen LogP contribution is -2.04. The van der Waals surface area contributed by atoms with E-state index in [0.717, 1.165) is 35.7 Å². The number of aryl methyl sites for hydroxylation is 2. The molecule has 1 N–H and O–H groups in total. The van der Waals surface area contributed by atoms with Gasteiger partial charge in [-0.3, -0.25) is 0 Å². The summed E-state index contributed by atoms with van der Waals surface area (Å²) in [4.78, 5) is 0. The summed E-state index contributed by atoms with van der Waals surface area (Å²) in [6, 6.07) is 9.88. The Kier molecular flexibility index (Phi) is 4.88. The molecule has 0 aliphatic rings. The van der Waals surface area contributed by atoms with Crippen molar-refractivity contribution in [1.82, 2.24) is 0 Å². The highest BCUT2D eigenvalue weighted by Gasteiger charge is 2.17. The van der Waals surface area contributed by atoms with E-state index in [1.54, 1.807) is 0 Å². The Bertz CT molecular complexity index is 623. The van der Waals surface area contributed by atoms with Crippen LogP contribution in [0.3, 0.4) is 0 Å². The standard InChI is InChI=1S/C15H13Br3O/c1-8-6-14(18)9(2)5-11(8)15(19)12-7-10(16)3-4-13(12)17/h3-7,15,19H,1-2H3. The predicted octanol–water partition coefficient (Wildman–Crippen LogP) is 5.67. The Morgan fingerprint density at radius 2 is 1.53 bits per heavy atom. The molecule has 0 bridgehead atoms. The van der Waals surface area contributed by atoms with Crippen LogP contribution in [0.4, 0.5) is 0 Å². The number of benzene rings is 2. The zero-order valence-electron chi connectivity index (χ0n) is 10.5. The summed E-state index contributed by atoms with van der Waals surface area (Å²) in [6.07, 6.45) is -0.640. The average molecular weight is 449 g/mol. The van der Waals surface area contributed by atoms with E-state index in [1.165, 1.54) is 0 Å². The van der Waals surface area contributed by atoms with Crippen molar-refractivity contribution in [3.05, 3.63) is 66.0 Å². The minimum absolute atomic E-state index is 0.640. The second kappa shape index (κ2) is 6.08. The SMILES string of the molecule is Cc1cc(C(O)c2cc(Br)ccc2Br)c(C)cc1Br. The second-order valence-corrected chi connectivity index (χ2v) is 7.15. The lowest BCUT2D eigenvalue weighted by Gasteiger charge is -2.17. The summed E-state index contributed by atoms with van der Waals surface area (Å²) in [5.74, 6) is 0. The zero-order valence-corrected chi connectivity index (χ0v) is 15.3. The van der Waals surface area contributed by atoms with Gasteiger partial charge in [0.2, 0.25) is 0 Å². The number of hydrogen-bond acceptors (Lipinski definition) is 1. The van der Waals surface area contributed by atoms with Crippen LogP contribution in [0, 0.1) is 13.8 Å². The van der Waals surface area contributed by atoms with Gasteiger partial charge in [0.05, 0.1) is 0 Å². The topological polar surface area (TPSA) is 20.2 Å². The first-order valence-corrected chi connectivity index (χ1v) is 8.17. The monoisotopic (exact) mass is 446 g/mol. The van der Waals surface area contributed by atoms with Crippen molar-refractivity contribution in [3.8, 4) is 0 Å². The van der Waals surface area contributed by atoms with Gasteiger partial charge in [0.25, 0.3) is 0 Å². The Labute approximate surface area is 138 Å². The highest BCUT2D eigenvalue weighted by atomic mass is 79.9. The fraction of sp³-hybridized carbons (Fsp3) is 0.200. The highest BCUT2D eigenvalue weighted by molar-refractivity contribution is 9.11. The molecule has 1 atom stereocenters. The molecule has 0 aromatic heterocycles. The van der Waals surface area contributed by atoms with E-state index in [0.29, 0.717) is 0 Å². The molecule has 19 heavy (non-hydrogen) atoms. The molecule has 4 heteroatoms. The van der Waals surface area contributed by atoms with Gasteiger partial charge in [-0.15, -0.1) is 0 Å². The first-order chi connectivity index (χ1) is 8.90. The van der Waals surface area contributed by atoms with Crippen molar-refractivity contribution in [2.24, 2.45) is 0 Å². The number of aliphatic hydroxyl groups is 1. The Morgan fingerprint density at radius 3 is 2.21 bits per heavy atom. The number of halogens is 3. The van der Waals surface area contributed by atoms with Gasteiger partial charge in [-0.05, 0) is 54.8 Å². The number of rotatable bonds is 2. The van der Waals surface area contributed by atoms with Crippen LogP contribution in [0.15, 0.2) is 43.7 Å². The van der Waals surface area contributed by atoms with Gasteiger partial charge in [0.1, 0.15) is 6.10 Å². The van der Waals surface area contributed by atoms with Crippen LogP contribution in [0.1, 0.15) is 28.4 Å². The molecule has 2 rings (SSSR count). The van der Waals surface area contributed by atoms with Crippen LogP contribution in [0.5, 0.6) is 0 Å². The van der Waals surface area contributed by atoms with Crippen LogP contribution < -0.4 is 0 Å². The molecule has 1 unspecified atom stereocenters. The van der Waals surface area contributed by atoms with E-state index < -0.39 is 6.10 Å². The van der Waals surface area contributed by atoms with Crippen LogP contribution in [0.2, 0.25) is 0 Å². The smallest absolute Gasteiger partial charge is 0.105 e. The van der Waals surface area contributed by atoms with Gasteiger partial charge in [-0.2, -0.15) is 0 Å². The van der Waals surface area contributed by atoms with Gasteiger partial charge in [0.15, 0.2) is 0 Å². The molecule has 2 aromatic carbocycles. The van der Waals surface area contributed by atoms with Crippen molar-refractivity contribution in [2.75, 3.05) is 0 Å². The van der Waals surface area contributed by atoms with Gasteiger partial charge in [-0.25, -0.2) is 0 Å². The van der Waals surface area contributed by atoms with E-state index in [4.69, 9.17) is 0 Å². The zero-order chi connectivity index (χ0) is 14.2. The molecule has 100 valence electrons. The summed E-state index contributed by atoms with van der Waals surface area (Å²) < 4.78 is 2.92. The van der Waals surface area contributed by atoms with Gasteiger partial charge in [0, 0.05) is 19.0 Å². The van der Waals surface area contributed by atoms with E-state index in [1.807, 2.05) is 44.2 Å². The quantitative estimate of drug-likeness (QED) is 0.627. The molecule has 0 radical (unpaired) electrons. The molecule has 0 saturated heterocycles. The molecule has 0 fully saturated rings. The van der Waals surface area contributed by atoms with Crippen molar-refractivity contribution < 1.29 is 5.11 Å². The molecular formula is C15H13Br3O. The maximum Gasteiger partial charge on any atom is 0.105 e. The minimum Gasteiger partial charge on any atom is -0.384 e. The van der Waals surface area contributed by atoms with Crippen LogP contribution >= 0.6 is 47.8 Å². The summed E-state index contributed by atoms with van der Waals surface area (Å²) in [6.45, 7) is 4.03. The maximum atomic E-state index is 10.6. The van der Waals surface area contributed by atoms with E-state index in [9.17, 15) is 5.11 Å². The van der Waals surface area contributed by atoms with Crippen molar-refractivity contribution in [1.29, 1.82) is 0 Å². The molecular weight excluding hydrogens is 436 g/mol. The van der Waals surface area contributed by atoms with Crippen LogP contribution in [0.25, 0.3) is 0 Å². The molecule has 0 heterocycles. The second-order valence-electron chi connectivity index (χ2n) is 4.53. The predicted molar refractivity (Wildman–Crippen MR) is 89.5 cm³/mol. The van der Waals surface area contributed by atoms with E-state index in [2.05, 4.69) is 47.8 Å². The molecule has 0 saturated carbocycles. The maximum absolute atomic E-state index is 10.6. The Hall–Kier alpha value is -0.160. The van der Waals surface area contributed by atoms with Crippen LogP contribution in [-0.4, -0.2) is 5.11 Å². The van der Waals surface area contributed by atoms with E-state index >= 15 is 0 Å². The van der Waals surface area contributed by atoms with Gasteiger partial charge < -0.3 is 5.11 Å². The molecule has 1 nitrogen and oxygen atoms in total. The lowest BCUT2D eigenvalue weighted by molar-refractivity contribution is 0.218. The van der Waals surface area contributed by atoms with Gasteiger partial charge >= 0.3 is 0 Å². The average Bonchev–Trinajstić information content (AvgIpc) is 2.36. The molecule has 0 aliphatic carbocycles. The Balaban J connectivity index is 2.52. The fourth-order valence-corrected chi connectivity index (χ4v) is 3.29. The summed E-state index contributed by atoms with van der Waals surface area (Å²) in [5, 5.41) is 10.6. The summed E-state index contributed by atoms with van der Waals surface area (Å²) in [7, 11) is 0. The molecule has 0 spiro atoms. The molecule has 0 aliphatic heterocycles. The van der Waals surface area contributed by atoms with Crippen molar-refractivity contribution in [3.63, 3.8) is 0 Å². The van der Waals surface area contributed by atoms with Gasteiger partial charge in [-0.1, -0.05) is 53.9 Å². The number of hydrogen-bond donors (Lipinski definition) is 1. The third kappa shape index (κ3) is 3.30. The third-order valence-corrected chi connectivity index (χ3v) is 5.16. The largest absolute Gasteiger partial charge is 0.384 e. The highest BCUT2D eigenvalue weighted by Crippen LogP contribution is 2.34. The Morgan fingerprint density at radius 1 is 0.842 bits per heavy atom. The number of aliphatic hydroxyl groups excluding tert-OH is 1. The first kappa shape index (κ1) is 15.2. The normalized spacial score (nSPS) is 12.5. The lowest BCUT2D eigenvalue weighted by atomic mass is 9.96. The minimum atomic E-state index is -0.640. The van der Waals surface area contributed by atoms with Crippen LogP contribution in [-0.2, 0) is 0 Å². The molecule has 0 amide bonds.